The van der Waals surface area contributed by atoms with Crippen molar-refractivity contribution in [2.24, 2.45) is 4.99 Å². The van der Waals surface area contributed by atoms with Gasteiger partial charge in [0.2, 0.25) is 0 Å². The fourth-order valence-corrected chi connectivity index (χ4v) is 4.42. The Morgan fingerprint density at radius 1 is 0.970 bits per heavy atom. The minimum absolute atomic E-state index is 0. The highest BCUT2D eigenvalue weighted by molar-refractivity contribution is 14.0. The summed E-state index contributed by atoms with van der Waals surface area (Å²) < 4.78 is 11.0. The number of guanidine groups is 1. The van der Waals surface area contributed by atoms with E-state index in [1.54, 1.807) is 7.11 Å². The van der Waals surface area contributed by atoms with Crippen molar-refractivity contribution in [1.82, 2.24) is 15.1 Å². The second kappa shape index (κ2) is 13.0. The maximum absolute atomic E-state index is 5.54. The minimum atomic E-state index is 0. The molecule has 0 radical (unpaired) electrons. The number of piperazine rings is 1. The summed E-state index contributed by atoms with van der Waals surface area (Å²) in [5.74, 6) is 1.89. The number of aliphatic imine (C=N–C) groups is 1. The Bertz CT molecular complexity index is 896. The molecule has 33 heavy (non-hydrogen) atoms. The Hall–Kier alpha value is -2.04. The maximum Gasteiger partial charge on any atom is 0.194 e. The number of hydrogen-bond acceptors (Lipinski definition) is 5. The summed E-state index contributed by atoms with van der Waals surface area (Å²) in [6, 6.07) is 17.1. The van der Waals surface area contributed by atoms with Gasteiger partial charge in [0.1, 0.15) is 5.75 Å². The molecule has 8 heteroatoms. The Morgan fingerprint density at radius 2 is 1.70 bits per heavy atom. The van der Waals surface area contributed by atoms with Crippen LogP contribution in [-0.4, -0.2) is 82.4 Å². The average molecular weight is 566 g/mol. The quantitative estimate of drug-likeness (QED) is 0.330. The van der Waals surface area contributed by atoms with Crippen molar-refractivity contribution in [3.05, 3.63) is 59.7 Å². The predicted molar refractivity (Wildman–Crippen MR) is 145 cm³/mol. The molecule has 180 valence electrons. The minimum Gasteiger partial charge on any atom is -0.495 e. The third-order valence-electron chi connectivity index (χ3n) is 6.17. The Balaban J connectivity index is 0.00000306. The van der Waals surface area contributed by atoms with Crippen molar-refractivity contribution >= 4 is 35.6 Å². The molecular formula is C25H36IN5O2. The number of ether oxygens (including phenoxy) is 2. The maximum atomic E-state index is 5.54. The van der Waals surface area contributed by atoms with Crippen molar-refractivity contribution in [1.29, 1.82) is 0 Å². The van der Waals surface area contributed by atoms with Crippen molar-refractivity contribution in [2.45, 2.75) is 13.1 Å². The van der Waals surface area contributed by atoms with Crippen molar-refractivity contribution in [2.75, 3.05) is 71.5 Å². The lowest BCUT2D eigenvalue weighted by molar-refractivity contribution is 0.0342. The van der Waals surface area contributed by atoms with E-state index in [4.69, 9.17) is 9.47 Å². The molecule has 2 aromatic rings. The van der Waals surface area contributed by atoms with E-state index in [9.17, 15) is 0 Å². The number of para-hydroxylation sites is 2. The van der Waals surface area contributed by atoms with Crippen LogP contribution in [0.2, 0.25) is 0 Å². The average Bonchev–Trinajstić information content (AvgIpc) is 2.86. The Morgan fingerprint density at radius 3 is 2.42 bits per heavy atom. The van der Waals surface area contributed by atoms with E-state index in [1.807, 2.05) is 19.2 Å². The fraction of sp³-hybridized carbons (Fsp3) is 0.480. The van der Waals surface area contributed by atoms with Crippen LogP contribution in [0, 0.1) is 0 Å². The lowest BCUT2D eigenvalue weighted by Gasteiger charge is -2.38. The van der Waals surface area contributed by atoms with Gasteiger partial charge in [0.05, 0.1) is 26.0 Å². The summed E-state index contributed by atoms with van der Waals surface area (Å²) in [6.45, 7) is 9.18. The van der Waals surface area contributed by atoms with Gasteiger partial charge in [0.15, 0.2) is 5.96 Å². The highest BCUT2D eigenvalue weighted by Crippen LogP contribution is 2.28. The number of methoxy groups -OCH3 is 1. The zero-order chi connectivity index (χ0) is 22.2. The molecule has 0 atom stereocenters. The standard InChI is InChI=1S/C25H35N5O2.HI/c1-26-25(30-12-10-29(11-13-30)23-8-3-4-9-24(23)31-2)27-19-21-6-5-7-22(18-21)20-28-14-16-32-17-15-28;/h3-9,18H,10-17,19-20H2,1-2H3,(H,26,27);1H. The highest BCUT2D eigenvalue weighted by Gasteiger charge is 2.21. The molecule has 0 bridgehead atoms. The van der Waals surface area contributed by atoms with E-state index in [2.05, 4.69) is 61.4 Å². The van der Waals surface area contributed by atoms with Crippen molar-refractivity contribution < 1.29 is 9.47 Å². The molecule has 0 unspecified atom stereocenters. The first kappa shape index (κ1) is 25.6. The molecule has 7 nitrogen and oxygen atoms in total. The normalized spacial score (nSPS) is 17.5. The Labute approximate surface area is 214 Å². The lowest BCUT2D eigenvalue weighted by atomic mass is 10.1. The summed E-state index contributed by atoms with van der Waals surface area (Å²) in [7, 11) is 3.60. The number of benzene rings is 2. The molecule has 1 N–H and O–H groups in total. The van der Waals surface area contributed by atoms with Gasteiger partial charge in [-0.2, -0.15) is 0 Å². The van der Waals surface area contributed by atoms with Crippen molar-refractivity contribution in [3.8, 4) is 5.75 Å². The first-order valence-corrected chi connectivity index (χ1v) is 11.5. The molecule has 0 aliphatic carbocycles. The highest BCUT2D eigenvalue weighted by atomic mass is 127. The van der Waals surface area contributed by atoms with Crippen LogP contribution < -0.4 is 15.0 Å². The zero-order valence-corrected chi connectivity index (χ0v) is 22.0. The van der Waals surface area contributed by atoms with E-state index >= 15 is 0 Å². The molecule has 2 aromatic carbocycles. The van der Waals surface area contributed by atoms with Gasteiger partial charge in [-0.3, -0.25) is 9.89 Å². The molecule has 2 aliphatic rings. The number of nitrogens with zero attached hydrogens (tertiary/aromatic N) is 4. The fourth-order valence-electron chi connectivity index (χ4n) is 4.42. The summed E-state index contributed by atoms with van der Waals surface area (Å²) in [6.07, 6.45) is 0. The first-order chi connectivity index (χ1) is 15.8. The van der Waals surface area contributed by atoms with Crippen LogP contribution >= 0.6 is 24.0 Å². The van der Waals surface area contributed by atoms with Gasteiger partial charge in [-0.1, -0.05) is 36.4 Å². The van der Waals surface area contributed by atoms with Gasteiger partial charge in [0, 0.05) is 59.4 Å². The van der Waals surface area contributed by atoms with Crippen molar-refractivity contribution in [3.63, 3.8) is 0 Å². The van der Waals surface area contributed by atoms with Gasteiger partial charge in [-0.15, -0.1) is 24.0 Å². The zero-order valence-electron chi connectivity index (χ0n) is 19.7. The summed E-state index contributed by atoms with van der Waals surface area (Å²) in [5, 5.41) is 3.56. The van der Waals surface area contributed by atoms with E-state index in [-0.39, 0.29) is 24.0 Å². The van der Waals surface area contributed by atoms with Gasteiger partial charge in [0.25, 0.3) is 0 Å². The molecule has 2 heterocycles. The molecule has 2 aliphatic heterocycles. The van der Waals surface area contributed by atoms with Crippen LogP contribution in [0.4, 0.5) is 5.69 Å². The number of halogens is 1. The number of nitrogens with one attached hydrogen (secondary N) is 1. The number of hydrogen-bond donors (Lipinski definition) is 1. The largest absolute Gasteiger partial charge is 0.495 e. The molecule has 0 spiro atoms. The molecular weight excluding hydrogens is 529 g/mol. The summed E-state index contributed by atoms with van der Waals surface area (Å²) in [5.41, 5.74) is 3.80. The van der Waals surface area contributed by atoms with Gasteiger partial charge in [-0.05, 0) is 23.3 Å². The number of anilines is 1. The van der Waals surface area contributed by atoms with Gasteiger partial charge >= 0.3 is 0 Å². The van der Waals surface area contributed by atoms with Crippen LogP contribution in [-0.2, 0) is 17.8 Å². The van der Waals surface area contributed by atoms with E-state index < -0.39 is 0 Å². The smallest absolute Gasteiger partial charge is 0.194 e. The third-order valence-corrected chi connectivity index (χ3v) is 6.17. The molecule has 4 rings (SSSR count). The monoisotopic (exact) mass is 565 g/mol. The summed E-state index contributed by atoms with van der Waals surface area (Å²) in [4.78, 5) is 11.7. The topological polar surface area (TPSA) is 52.6 Å². The SMILES string of the molecule is CN=C(NCc1cccc(CN2CCOCC2)c1)N1CCN(c2ccccc2OC)CC1.I. The Kier molecular flexibility index (Phi) is 10.1. The van der Waals surface area contributed by atoms with Crippen LogP contribution in [0.5, 0.6) is 5.75 Å². The molecule has 0 aromatic heterocycles. The summed E-state index contributed by atoms with van der Waals surface area (Å²) >= 11 is 0. The van der Waals surface area contributed by atoms with Crippen LogP contribution in [0.3, 0.4) is 0 Å². The first-order valence-electron chi connectivity index (χ1n) is 11.5. The molecule has 2 fully saturated rings. The predicted octanol–water partition coefficient (Wildman–Crippen LogP) is 3.04. The number of morpholine rings is 1. The van der Waals surface area contributed by atoms with Gasteiger partial charge in [-0.25, -0.2) is 0 Å². The number of rotatable bonds is 6. The van der Waals surface area contributed by atoms with Gasteiger partial charge < -0.3 is 24.6 Å². The van der Waals surface area contributed by atoms with Crippen LogP contribution in [0.1, 0.15) is 11.1 Å². The second-order valence-electron chi connectivity index (χ2n) is 8.26. The third kappa shape index (κ3) is 6.97. The molecule has 2 saturated heterocycles. The van der Waals surface area contributed by atoms with Crippen LogP contribution in [0.15, 0.2) is 53.5 Å². The second-order valence-corrected chi connectivity index (χ2v) is 8.26. The lowest BCUT2D eigenvalue weighted by Crippen LogP contribution is -2.52. The van der Waals surface area contributed by atoms with E-state index in [0.29, 0.717) is 0 Å². The van der Waals surface area contributed by atoms with E-state index in [1.165, 1.54) is 11.1 Å². The molecule has 0 amide bonds. The van der Waals surface area contributed by atoms with E-state index in [0.717, 1.165) is 83.0 Å². The van der Waals surface area contributed by atoms with Crippen LogP contribution in [0.25, 0.3) is 0 Å². The molecule has 0 saturated carbocycles.